The Morgan fingerprint density at radius 2 is 1.85 bits per heavy atom. The van der Waals surface area contributed by atoms with Crippen molar-refractivity contribution >= 4 is 5.97 Å². The zero-order valence-electron chi connectivity index (χ0n) is 12.5. The number of aliphatic carboxylic acids is 1. The van der Waals surface area contributed by atoms with E-state index in [9.17, 15) is 9.90 Å². The van der Waals surface area contributed by atoms with Gasteiger partial charge in [-0.1, -0.05) is 45.0 Å². The van der Waals surface area contributed by atoms with Gasteiger partial charge in [0.15, 0.2) is 0 Å². The molecular formula is C16H25NO3. The third kappa shape index (κ3) is 5.31. The van der Waals surface area contributed by atoms with Crippen LogP contribution >= 0.6 is 0 Å². The zero-order valence-corrected chi connectivity index (χ0v) is 12.5. The van der Waals surface area contributed by atoms with Gasteiger partial charge in [0.1, 0.15) is 0 Å². The number of aliphatic hydroxyl groups excluding tert-OH is 1. The number of carboxylic acids is 1. The zero-order chi connectivity index (χ0) is 15.1. The fourth-order valence-corrected chi connectivity index (χ4v) is 2.25. The summed E-state index contributed by atoms with van der Waals surface area (Å²) in [5.74, 6) is -0.311. The lowest BCUT2D eigenvalue weighted by atomic mass is 9.96. The Labute approximate surface area is 120 Å². The number of carboxylic acid groups (broad SMARTS) is 1. The van der Waals surface area contributed by atoms with Crippen molar-refractivity contribution in [2.75, 3.05) is 6.54 Å². The van der Waals surface area contributed by atoms with Crippen LogP contribution in [-0.4, -0.2) is 28.8 Å². The highest BCUT2D eigenvalue weighted by Crippen LogP contribution is 2.20. The molecule has 0 aromatic heterocycles. The van der Waals surface area contributed by atoms with Gasteiger partial charge in [0.2, 0.25) is 0 Å². The van der Waals surface area contributed by atoms with Crippen molar-refractivity contribution in [1.29, 1.82) is 0 Å². The quantitative estimate of drug-likeness (QED) is 0.683. The van der Waals surface area contributed by atoms with E-state index in [2.05, 4.69) is 19.2 Å². The molecule has 1 aromatic carbocycles. The van der Waals surface area contributed by atoms with Gasteiger partial charge in [-0.2, -0.15) is 0 Å². The second-order valence-corrected chi connectivity index (χ2v) is 5.57. The maximum atomic E-state index is 10.6. The first-order chi connectivity index (χ1) is 9.43. The third-order valence-electron chi connectivity index (χ3n) is 3.30. The Morgan fingerprint density at radius 1 is 1.25 bits per heavy atom. The molecule has 4 nitrogen and oxygen atoms in total. The molecule has 1 rings (SSSR count). The Hall–Kier alpha value is -1.39. The fourth-order valence-electron chi connectivity index (χ4n) is 2.25. The topological polar surface area (TPSA) is 69.6 Å². The molecule has 1 aromatic rings. The average Bonchev–Trinajstić information content (AvgIpc) is 2.39. The molecule has 2 atom stereocenters. The molecule has 0 saturated carbocycles. The summed E-state index contributed by atoms with van der Waals surface area (Å²) in [7, 11) is 0. The van der Waals surface area contributed by atoms with E-state index in [0.717, 1.165) is 12.0 Å². The highest BCUT2D eigenvalue weighted by molar-refractivity contribution is 5.69. The van der Waals surface area contributed by atoms with Crippen molar-refractivity contribution in [3.63, 3.8) is 0 Å². The van der Waals surface area contributed by atoms with Crippen LogP contribution in [0.15, 0.2) is 24.3 Å². The van der Waals surface area contributed by atoms with Crippen LogP contribution < -0.4 is 5.32 Å². The van der Waals surface area contributed by atoms with E-state index in [-0.39, 0.29) is 12.6 Å². The van der Waals surface area contributed by atoms with Crippen LogP contribution in [0.1, 0.15) is 44.4 Å². The van der Waals surface area contributed by atoms with Crippen molar-refractivity contribution in [2.45, 2.75) is 45.8 Å². The van der Waals surface area contributed by atoms with Crippen LogP contribution in [0, 0.1) is 5.92 Å². The Morgan fingerprint density at radius 3 is 2.30 bits per heavy atom. The molecule has 20 heavy (non-hydrogen) atoms. The lowest BCUT2D eigenvalue weighted by Crippen LogP contribution is -2.37. The van der Waals surface area contributed by atoms with Gasteiger partial charge in [-0.3, -0.25) is 4.79 Å². The summed E-state index contributed by atoms with van der Waals surface area (Å²) in [6.45, 7) is 6.13. The highest BCUT2D eigenvalue weighted by Gasteiger charge is 2.19. The molecule has 0 fully saturated rings. The standard InChI is InChI=1S/C16H25NO3/c1-4-14(17-10-15(18)19)16(20)13-7-5-12(6-8-13)9-11(2)3/h5-8,11,14,16-17,20H,4,9-10H2,1-3H3,(H,18,19). The first kappa shape index (κ1) is 16.7. The predicted octanol–water partition coefficient (Wildman–Crippen LogP) is 2.37. The number of benzene rings is 1. The van der Waals surface area contributed by atoms with Crippen molar-refractivity contribution in [3.8, 4) is 0 Å². The summed E-state index contributed by atoms with van der Waals surface area (Å²) in [4.78, 5) is 10.6. The number of hydrogen-bond acceptors (Lipinski definition) is 3. The summed E-state index contributed by atoms with van der Waals surface area (Å²) < 4.78 is 0. The Kier molecular flexibility index (Phi) is 6.68. The predicted molar refractivity (Wildman–Crippen MR) is 79.7 cm³/mol. The molecule has 112 valence electrons. The van der Waals surface area contributed by atoms with E-state index in [0.29, 0.717) is 12.3 Å². The molecule has 0 aliphatic heterocycles. The molecule has 0 bridgehead atoms. The first-order valence-electron chi connectivity index (χ1n) is 7.16. The lowest BCUT2D eigenvalue weighted by molar-refractivity contribution is -0.136. The maximum absolute atomic E-state index is 10.6. The van der Waals surface area contributed by atoms with Gasteiger partial charge in [-0.25, -0.2) is 0 Å². The molecule has 0 aliphatic rings. The van der Waals surface area contributed by atoms with Gasteiger partial charge in [0.05, 0.1) is 12.6 Å². The minimum Gasteiger partial charge on any atom is -0.480 e. The highest BCUT2D eigenvalue weighted by atomic mass is 16.4. The Bertz CT molecular complexity index is 414. The molecule has 4 heteroatoms. The van der Waals surface area contributed by atoms with Crippen molar-refractivity contribution < 1.29 is 15.0 Å². The second kappa shape index (κ2) is 8.02. The van der Waals surface area contributed by atoms with Crippen LogP contribution in [0.25, 0.3) is 0 Å². The van der Waals surface area contributed by atoms with Crippen molar-refractivity contribution in [1.82, 2.24) is 5.32 Å². The average molecular weight is 279 g/mol. The lowest BCUT2D eigenvalue weighted by Gasteiger charge is -2.22. The van der Waals surface area contributed by atoms with E-state index >= 15 is 0 Å². The summed E-state index contributed by atoms with van der Waals surface area (Å²) in [6.07, 6.45) is 1.000. The van der Waals surface area contributed by atoms with Crippen molar-refractivity contribution in [2.24, 2.45) is 5.92 Å². The minimum absolute atomic E-state index is 0.138. The summed E-state index contributed by atoms with van der Waals surface area (Å²) >= 11 is 0. The first-order valence-corrected chi connectivity index (χ1v) is 7.16. The molecule has 0 heterocycles. The van der Waals surface area contributed by atoms with Gasteiger partial charge in [0.25, 0.3) is 0 Å². The fraction of sp³-hybridized carbons (Fsp3) is 0.562. The van der Waals surface area contributed by atoms with Crippen molar-refractivity contribution in [3.05, 3.63) is 35.4 Å². The number of rotatable bonds is 8. The molecule has 0 saturated heterocycles. The molecule has 0 spiro atoms. The third-order valence-corrected chi connectivity index (χ3v) is 3.30. The molecule has 0 aliphatic carbocycles. The Balaban J connectivity index is 2.69. The molecule has 3 N–H and O–H groups in total. The maximum Gasteiger partial charge on any atom is 0.317 e. The summed E-state index contributed by atoms with van der Waals surface area (Å²) in [5, 5.41) is 21.9. The molecule has 2 unspecified atom stereocenters. The van der Waals surface area contributed by atoms with Gasteiger partial charge in [-0.15, -0.1) is 0 Å². The van der Waals surface area contributed by atoms with E-state index in [1.165, 1.54) is 5.56 Å². The van der Waals surface area contributed by atoms with Gasteiger partial charge in [-0.05, 0) is 29.9 Å². The smallest absolute Gasteiger partial charge is 0.317 e. The largest absolute Gasteiger partial charge is 0.480 e. The summed E-state index contributed by atoms with van der Waals surface area (Å²) in [5.41, 5.74) is 2.07. The number of aliphatic hydroxyl groups is 1. The normalized spacial score (nSPS) is 14.2. The molecule has 0 radical (unpaired) electrons. The summed E-state index contributed by atoms with van der Waals surface area (Å²) in [6, 6.07) is 7.66. The number of carbonyl (C=O) groups is 1. The van der Waals surface area contributed by atoms with E-state index < -0.39 is 12.1 Å². The van der Waals surface area contributed by atoms with Gasteiger partial charge >= 0.3 is 5.97 Å². The SMILES string of the molecule is CCC(NCC(=O)O)C(O)c1ccc(CC(C)C)cc1. The number of hydrogen-bond donors (Lipinski definition) is 3. The van der Waals surface area contributed by atoms with Crippen LogP contribution in [0.4, 0.5) is 0 Å². The second-order valence-electron chi connectivity index (χ2n) is 5.57. The van der Waals surface area contributed by atoms with E-state index in [1.54, 1.807) is 0 Å². The van der Waals surface area contributed by atoms with Crippen LogP contribution in [0.5, 0.6) is 0 Å². The molecular weight excluding hydrogens is 254 g/mol. The van der Waals surface area contributed by atoms with E-state index in [4.69, 9.17) is 5.11 Å². The van der Waals surface area contributed by atoms with Crippen LogP contribution in [-0.2, 0) is 11.2 Å². The van der Waals surface area contributed by atoms with Gasteiger partial charge < -0.3 is 15.5 Å². The monoisotopic (exact) mass is 279 g/mol. The van der Waals surface area contributed by atoms with Crippen LogP contribution in [0.3, 0.4) is 0 Å². The van der Waals surface area contributed by atoms with E-state index in [1.807, 2.05) is 31.2 Å². The van der Waals surface area contributed by atoms with Crippen LogP contribution in [0.2, 0.25) is 0 Å². The number of nitrogens with one attached hydrogen (secondary N) is 1. The van der Waals surface area contributed by atoms with Gasteiger partial charge in [0, 0.05) is 6.04 Å². The molecule has 0 amide bonds. The minimum atomic E-state index is -0.914.